The van der Waals surface area contributed by atoms with Crippen molar-refractivity contribution in [2.75, 3.05) is 19.6 Å². The summed E-state index contributed by atoms with van der Waals surface area (Å²) in [5.74, 6) is 0. The first-order valence-electron chi connectivity index (χ1n) is 7.76. The Balaban J connectivity index is 1.67. The van der Waals surface area contributed by atoms with Gasteiger partial charge in [-0.3, -0.25) is 4.90 Å². The minimum absolute atomic E-state index is 0.582. The van der Waals surface area contributed by atoms with Crippen LogP contribution in [0.15, 0.2) is 28.5 Å². The van der Waals surface area contributed by atoms with E-state index in [1.54, 1.807) is 11.3 Å². The van der Waals surface area contributed by atoms with Gasteiger partial charge in [0.1, 0.15) is 0 Å². The van der Waals surface area contributed by atoms with Crippen molar-refractivity contribution in [1.29, 1.82) is 0 Å². The molecule has 2 rings (SSSR count). The molecule has 1 aliphatic heterocycles. The van der Waals surface area contributed by atoms with Crippen LogP contribution in [0.4, 0.5) is 0 Å². The molecule has 1 unspecified atom stereocenters. The van der Waals surface area contributed by atoms with Crippen LogP contribution in [0.1, 0.15) is 39.2 Å². The fraction of sp³-hybridized carbons (Fsp3) is 0.647. The number of allylic oxidation sites excluding steroid dienone is 1. The van der Waals surface area contributed by atoms with Crippen LogP contribution in [0.3, 0.4) is 0 Å². The molecule has 1 aromatic heterocycles. The molecular weight excluding hydrogens is 264 g/mol. The maximum absolute atomic E-state index is 3.81. The highest BCUT2D eigenvalue weighted by molar-refractivity contribution is 7.07. The summed E-state index contributed by atoms with van der Waals surface area (Å²) in [4.78, 5) is 2.56. The first-order valence-corrected chi connectivity index (χ1v) is 8.70. The van der Waals surface area contributed by atoms with Crippen LogP contribution in [-0.2, 0) is 6.42 Å². The first kappa shape index (κ1) is 15.7. The molecule has 0 aromatic carbocycles. The fourth-order valence-corrected chi connectivity index (χ4v) is 3.50. The van der Waals surface area contributed by atoms with E-state index in [9.17, 15) is 0 Å². The van der Waals surface area contributed by atoms with Crippen LogP contribution in [0.5, 0.6) is 0 Å². The van der Waals surface area contributed by atoms with Gasteiger partial charge in [0.25, 0.3) is 0 Å². The lowest BCUT2D eigenvalue weighted by atomic mass is 10.0. The van der Waals surface area contributed by atoms with Gasteiger partial charge in [-0.2, -0.15) is 11.3 Å². The molecule has 2 heterocycles. The zero-order chi connectivity index (χ0) is 14.4. The maximum atomic E-state index is 3.81. The molecule has 1 aromatic rings. The highest BCUT2D eigenvalue weighted by Gasteiger charge is 2.19. The molecular formula is C17H28N2S. The zero-order valence-electron chi connectivity index (χ0n) is 13.1. The summed E-state index contributed by atoms with van der Waals surface area (Å²) >= 11 is 1.80. The Kier molecular flexibility index (Phi) is 6.27. The van der Waals surface area contributed by atoms with Crippen LogP contribution < -0.4 is 5.32 Å². The largest absolute Gasteiger partial charge is 0.311 e. The molecule has 1 fully saturated rings. The van der Waals surface area contributed by atoms with Crippen LogP contribution >= 0.6 is 11.3 Å². The predicted molar refractivity (Wildman–Crippen MR) is 89.5 cm³/mol. The fourth-order valence-electron chi connectivity index (χ4n) is 2.82. The second kappa shape index (κ2) is 7.96. The highest BCUT2D eigenvalue weighted by atomic mass is 32.1. The molecule has 112 valence electrons. The second-order valence-corrected chi connectivity index (χ2v) is 7.04. The van der Waals surface area contributed by atoms with Gasteiger partial charge < -0.3 is 5.32 Å². The first-order chi connectivity index (χ1) is 9.63. The van der Waals surface area contributed by atoms with E-state index < -0.39 is 0 Å². The van der Waals surface area contributed by atoms with Crippen molar-refractivity contribution >= 4 is 11.3 Å². The molecule has 0 spiro atoms. The number of rotatable bonds is 6. The quantitative estimate of drug-likeness (QED) is 0.804. The summed E-state index contributed by atoms with van der Waals surface area (Å²) in [5, 5.41) is 8.24. The van der Waals surface area contributed by atoms with Gasteiger partial charge in [0.05, 0.1) is 0 Å². The second-order valence-electron chi connectivity index (χ2n) is 6.26. The minimum Gasteiger partial charge on any atom is -0.311 e. The van der Waals surface area contributed by atoms with Crippen LogP contribution in [0, 0.1) is 0 Å². The van der Waals surface area contributed by atoms with Crippen molar-refractivity contribution in [3.8, 4) is 0 Å². The number of hydrogen-bond donors (Lipinski definition) is 1. The third-order valence-electron chi connectivity index (χ3n) is 3.99. The normalized spacial score (nSPS) is 18.9. The number of likely N-dealkylation sites (tertiary alicyclic amines) is 1. The third kappa shape index (κ3) is 5.39. The van der Waals surface area contributed by atoms with E-state index in [2.05, 4.69) is 53.9 Å². The van der Waals surface area contributed by atoms with E-state index in [-0.39, 0.29) is 0 Å². The summed E-state index contributed by atoms with van der Waals surface area (Å²) in [7, 11) is 0. The van der Waals surface area contributed by atoms with Crippen molar-refractivity contribution in [1.82, 2.24) is 10.2 Å². The van der Waals surface area contributed by atoms with Gasteiger partial charge in [-0.1, -0.05) is 11.6 Å². The molecule has 1 N–H and O–H groups in total. The van der Waals surface area contributed by atoms with E-state index in [0.717, 1.165) is 13.0 Å². The number of thiophene rings is 1. The summed E-state index contributed by atoms with van der Waals surface area (Å²) in [6.45, 7) is 10.3. The Morgan fingerprint density at radius 2 is 2.20 bits per heavy atom. The van der Waals surface area contributed by atoms with Crippen molar-refractivity contribution < 1.29 is 0 Å². The lowest BCUT2D eigenvalue weighted by molar-refractivity contribution is 0.208. The number of hydrogen-bond acceptors (Lipinski definition) is 3. The topological polar surface area (TPSA) is 15.3 Å². The predicted octanol–water partition coefficient (Wildman–Crippen LogP) is 3.70. The van der Waals surface area contributed by atoms with Gasteiger partial charge in [-0.25, -0.2) is 0 Å². The standard InChI is InChI=1S/C17H28N2S/c1-14(2)4-8-19-9-5-17(6-10-19)18-15(3)12-16-7-11-20-13-16/h4,7,11,13,15,17-18H,5-6,8-10,12H2,1-3H3. The van der Waals surface area contributed by atoms with Crippen LogP contribution in [0.25, 0.3) is 0 Å². The molecule has 3 heteroatoms. The van der Waals surface area contributed by atoms with E-state index in [1.165, 1.54) is 37.1 Å². The Hall–Kier alpha value is -0.640. The van der Waals surface area contributed by atoms with E-state index in [0.29, 0.717) is 12.1 Å². The Morgan fingerprint density at radius 1 is 1.45 bits per heavy atom. The SMILES string of the molecule is CC(C)=CCN1CCC(NC(C)Cc2ccsc2)CC1. The molecule has 0 radical (unpaired) electrons. The molecule has 0 amide bonds. The van der Waals surface area contributed by atoms with Crippen LogP contribution in [-0.4, -0.2) is 36.6 Å². The zero-order valence-corrected chi connectivity index (χ0v) is 13.9. The van der Waals surface area contributed by atoms with Gasteiger partial charge in [-0.15, -0.1) is 0 Å². The molecule has 1 atom stereocenters. The lowest BCUT2D eigenvalue weighted by Gasteiger charge is -2.33. The highest BCUT2D eigenvalue weighted by Crippen LogP contribution is 2.13. The van der Waals surface area contributed by atoms with Crippen molar-refractivity contribution in [3.05, 3.63) is 34.0 Å². The molecule has 0 saturated carbocycles. The smallest absolute Gasteiger partial charge is 0.0165 e. The van der Waals surface area contributed by atoms with Crippen molar-refractivity contribution in [2.45, 2.75) is 52.1 Å². The molecule has 1 aliphatic rings. The molecule has 1 saturated heterocycles. The average Bonchev–Trinajstić information content (AvgIpc) is 2.90. The van der Waals surface area contributed by atoms with Gasteiger partial charge in [-0.05, 0) is 75.5 Å². The molecule has 2 nitrogen and oxygen atoms in total. The van der Waals surface area contributed by atoms with Gasteiger partial charge >= 0.3 is 0 Å². The number of piperidine rings is 1. The summed E-state index contributed by atoms with van der Waals surface area (Å²) in [6, 6.07) is 3.52. The Morgan fingerprint density at radius 3 is 2.80 bits per heavy atom. The van der Waals surface area contributed by atoms with Crippen molar-refractivity contribution in [3.63, 3.8) is 0 Å². The Labute approximate surface area is 127 Å². The van der Waals surface area contributed by atoms with Gasteiger partial charge in [0.2, 0.25) is 0 Å². The molecule has 20 heavy (non-hydrogen) atoms. The molecule has 0 aliphatic carbocycles. The summed E-state index contributed by atoms with van der Waals surface area (Å²) in [6.07, 6.45) is 6.06. The van der Waals surface area contributed by atoms with E-state index >= 15 is 0 Å². The lowest BCUT2D eigenvalue weighted by Crippen LogP contribution is -2.45. The average molecular weight is 292 g/mol. The summed E-state index contributed by atoms with van der Waals surface area (Å²) < 4.78 is 0. The molecule has 0 bridgehead atoms. The number of nitrogens with zero attached hydrogens (tertiary/aromatic N) is 1. The van der Waals surface area contributed by atoms with E-state index in [4.69, 9.17) is 0 Å². The van der Waals surface area contributed by atoms with Gasteiger partial charge in [0.15, 0.2) is 0 Å². The number of nitrogens with one attached hydrogen (secondary N) is 1. The van der Waals surface area contributed by atoms with Crippen LogP contribution in [0.2, 0.25) is 0 Å². The minimum atomic E-state index is 0.582. The monoisotopic (exact) mass is 292 g/mol. The Bertz CT molecular complexity index is 399. The van der Waals surface area contributed by atoms with Crippen molar-refractivity contribution in [2.24, 2.45) is 0 Å². The summed E-state index contributed by atoms with van der Waals surface area (Å²) in [5.41, 5.74) is 2.89. The third-order valence-corrected chi connectivity index (χ3v) is 4.72. The van der Waals surface area contributed by atoms with Gasteiger partial charge in [0, 0.05) is 18.6 Å². The van der Waals surface area contributed by atoms with E-state index in [1.807, 2.05) is 0 Å². The maximum Gasteiger partial charge on any atom is 0.0165 e.